The number of carbonyl (C=O) groups excluding carboxylic acids is 1. The number of rotatable bonds is 6. The lowest BCUT2D eigenvalue weighted by molar-refractivity contribution is -0.147. The molecule has 0 aliphatic rings. The molecule has 0 radical (unpaired) electrons. The second-order valence-electron chi connectivity index (χ2n) is 6.41. The summed E-state index contributed by atoms with van der Waals surface area (Å²) in [6.45, 7) is 1.93. The first-order chi connectivity index (χ1) is 12.7. The molecule has 0 aromatic heterocycles. The van der Waals surface area contributed by atoms with Crippen LogP contribution in [0.3, 0.4) is 0 Å². The van der Waals surface area contributed by atoms with Crippen LogP contribution in [0.25, 0.3) is 0 Å². The van der Waals surface area contributed by atoms with E-state index in [1.54, 1.807) is 0 Å². The molecule has 0 heterocycles. The minimum atomic E-state index is -0.896. The van der Waals surface area contributed by atoms with Crippen LogP contribution in [0.5, 0.6) is 0 Å². The minimum absolute atomic E-state index is 0.277. The van der Waals surface area contributed by atoms with Crippen molar-refractivity contribution in [3.63, 3.8) is 0 Å². The molecule has 3 rings (SSSR count). The van der Waals surface area contributed by atoms with Gasteiger partial charge in [0.1, 0.15) is 5.41 Å². The van der Waals surface area contributed by atoms with E-state index >= 15 is 0 Å². The van der Waals surface area contributed by atoms with Gasteiger partial charge in [0.2, 0.25) is 0 Å². The zero-order valence-electron chi connectivity index (χ0n) is 15.1. The van der Waals surface area contributed by atoms with E-state index in [9.17, 15) is 4.79 Å². The number of esters is 1. The predicted octanol–water partition coefficient (Wildman–Crippen LogP) is 4.97. The van der Waals surface area contributed by atoms with E-state index in [2.05, 4.69) is 5.32 Å². The van der Waals surface area contributed by atoms with Crippen LogP contribution in [-0.4, -0.2) is 13.1 Å². The average molecular weight is 345 g/mol. The van der Waals surface area contributed by atoms with Gasteiger partial charge >= 0.3 is 5.97 Å². The zero-order valence-corrected chi connectivity index (χ0v) is 15.1. The third-order valence-corrected chi connectivity index (χ3v) is 4.78. The van der Waals surface area contributed by atoms with Crippen LogP contribution in [0.4, 0.5) is 5.69 Å². The topological polar surface area (TPSA) is 38.3 Å². The molecule has 0 aliphatic heterocycles. The number of benzene rings is 3. The van der Waals surface area contributed by atoms with Crippen LogP contribution < -0.4 is 5.32 Å². The molecule has 0 saturated carbocycles. The highest BCUT2D eigenvalue weighted by atomic mass is 16.5. The molecule has 132 valence electrons. The summed E-state index contributed by atoms with van der Waals surface area (Å²) in [6, 6.07) is 29.4. The number of hydrogen-bond acceptors (Lipinski definition) is 3. The van der Waals surface area contributed by atoms with Crippen molar-refractivity contribution in [2.75, 3.05) is 12.4 Å². The second-order valence-corrected chi connectivity index (χ2v) is 6.41. The molecule has 3 nitrogen and oxygen atoms in total. The number of methoxy groups -OCH3 is 1. The fourth-order valence-electron chi connectivity index (χ4n) is 3.31. The molecule has 0 bridgehead atoms. The molecule has 3 aromatic rings. The molecular formula is C23H23NO2. The smallest absolute Gasteiger partial charge is 0.318 e. The third-order valence-electron chi connectivity index (χ3n) is 4.78. The number of anilines is 1. The van der Waals surface area contributed by atoms with Crippen molar-refractivity contribution in [1.29, 1.82) is 0 Å². The summed E-state index contributed by atoms with van der Waals surface area (Å²) in [7, 11) is 1.44. The van der Waals surface area contributed by atoms with E-state index in [-0.39, 0.29) is 12.0 Å². The molecule has 2 unspecified atom stereocenters. The monoisotopic (exact) mass is 345 g/mol. The summed E-state index contributed by atoms with van der Waals surface area (Å²) in [6.07, 6.45) is 0. The summed E-state index contributed by atoms with van der Waals surface area (Å²) >= 11 is 0. The lowest BCUT2D eigenvalue weighted by atomic mass is 9.73. The summed E-state index contributed by atoms with van der Waals surface area (Å²) in [5.74, 6) is -0.277. The van der Waals surface area contributed by atoms with Gasteiger partial charge < -0.3 is 10.1 Å². The van der Waals surface area contributed by atoms with Crippen LogP contribution in [0.15, 0.2) is 91.0 Å². The predicted molar refractivity (Wildman–Crippen MR) is 105 cm³/mol. The Hall–Kier alpha value is -3.07. The standard InChI is InChI=1S/C23H23NO2/c1-23(22(25)26-2,19-14-8-4-9-15-19)21(18-12-6-3-7-13-18)24-20-16-10-5-11-17-20/h3-17,21,24H,1-2H3. The first kappa shape index (κ1) is 17.7. The van der Waals surface area contributed by atoms with Crippen molar-refractivity contribution in [3.8, 4) is 0 Å². The molecule has 3 heteroatoms. The van der Waals surface area contributed by atoms with Gasteiger partial charge in [-0.2, -0.15) is 0 Å². The van der Waals surface area contributed by atoms with E-state index in [0.29, 0.717) is 0 Å². The Bertz CT molecular complexity index is 834. The van der Waals surface area contributed by atoms with Gasteiger partial charge in [0.15, 0.2) is 0 Å². The largest absolute Gasteiger partial charge is 0.468 e. The van der Waals surface area contributed by atoms with Gasteiger partial charge in [0.25, 0.3) is 0 Å². The Morgan fingerprint density at radius 2 is 1.35 bits per heavy atom. The average Bonchev–Trinajstić information content (AvgIpc) is 2.73. The number of nitrogens with one attached hydrogen (secondary N) is 1. The van der Waals surface area contributed by atoms with Gasteiger partial charge in [-0.1, -0.05) is 78.9 Å². The Morgan fingerprint density at radius 1 is 0.846 bits per heavy atom. The van der Waals surface area contributed by atoms with Crippen molar-refractivity contribution in [2.24, 2.45) is 0 Å². The van der Waals surface area contributed by atoms with E-state index in [1.165, 1.54) is 7.11 Å². The van der Waals surface area contributed by atoms with Crippen LogP contribution in [0.2, 0.25) is 0 Å². The molecule has 0 spiro atoms. The lowest BCUT2D eigenvalue weighted by Crippen LogP contribution is -2.43. The summed E-state index contributed by atoms with van der Waals surface area (Å²) in [5, 5.41) is 3.55. The number of carbonyl (C=O) groups is 1. The van der Waals surface area contributed by atoms with Gasteiger partial charge in [0, 0.05) is 5.69 Å². The molecule has 0 aliphatic carbocycles. The second kappa shape index (κ2) is 7.87. The van der Waals surface area contributed by atoms with Crippen LogP contribution >= 0.6 is 0 Å². The highest BCUT2D eigenvalue weighted by Crippen LogP contribution is 2.40. The maximum Gasteiger partial charge on any atom is 0.318 e. The van der Waals surface area contributed by atoms with Crippen LogP contribution in [0, 0.1) is 0 Å². The fraction of sp³-hybridized carbons (Fsp3) is 0.174. The van der Waals surface area contributed by atoms with Gasteiger partial charge in [-0.15, -0.1) is 0 Å². The Kier molecular flexibility index (Phi) is 5.37. The fourth-order valence-corrected chi connectivity index (χ4v) is 3.31. The zero-order chi connectivity index (χ0) is 18.4. The molecular weight excluding hydrogens is 322 g/mol. The molecule has 2 atom stereocenters. The minimum Gasteiger partial charge on any atom is -0.468 e. The van der Waals surface area contributed by atoms with Gasteiger partial charge in [0.05, 0.1) is 13.2 Å². The summed E-state index contributed by atoms with van der Waals surface area (Å²) in [5.41, 5.74) is 1.98. The van der Waals surface area contributed by atoms with Crippen LogP contribution in [-0.2, 0) is 14.9 Å². The SMILES string of the molecule is COC(=O)C(C)(c1ccccc1)C(Nc1ccccc1)c1ccccc1. The normalized spacial score (nSPS) is 14.1. The molecule has 0 fully saturated rings. The van der Waals surface area contributed by atoms with Crippen molar-refractivity contribution in [1.82, 2.24) is 0 Å². The van der Waals surface area contributed by atoms with Gasteiger partial charge in [-0.05, 0) is 30.2 Å². The van der Waals surface area contributed by atoms with Gasteiger partial charge in [-0.25, -0.2) is 0 Å². The quantitative estimate of drug-likeness (QED) is 0.641. The van der Waals surface area contributed by atoms with Crippen molar-refractivity contribution >= 4 is 11.7 Å². The Morgan fingerprint density at radius 3 is 1.88 bits per heavy atom. The maximum atomic E-state index is 13.0. The highest BCUT2D eigenvalue weighted by molar-refractivity contribution is 5.85. The molecule has 3 aromatic carbocycles. The molecule has 0 amide bonds. The Balaban J connectivity index is 2.14. The third kappa shape index (κ3) is 3.47. The van der Waals surface area contributed by atoms with E-state index < -0.39 is 5.41 Å². The van der Waals surface area contributed by atoms with E-state index in [4.69, 9.17) is 4.74 Å². The number of ether oxygens (including phenoxy) is 1. The van der Waals surface area contributed by atoms with E-state index in [0.717, 1.165) is 16.8 Å². The number of para-hydroxylation sites is 1. The lowest BCUT2D eigenvalue weighted by Gasteiger charge is -2.37. The molecule has 1 N–H and O–H groups in total. The molecule has 26 heavy (non-hydrogen) atoms. The highest BCUT2D eigenvalue weighted by Gasteiger charge is 2.45. The first-order valence-corrected chi connectivity index (χ1v) is 8.66. The van der Waals surface area contributed by atoms with Crippen molar-refractivity contribution < 1.29 is 9.53 Å². The Labute approximate surface area is 154 Å². The summed E-state index contributed by atoms with van der Waals surface area (Å²) in [4.78, 5) is 13.0. The van der Waals surface area contributed by atoms with Crippen molar-refractivity contribution in [2.45, 2.75) is 18.4 Å². The maximum absolute atomic E-state index is 13.0. The summed E-state index contributed by atoms with van der Waals surface area (Å²) < 4.78 is 5.23. The van der Waals surface area contributed by atoms with Crippen molar-refractivity contribution in [3.05, 3.63) is 102 Å². The first-order valence-electron chi connectivity index (χ1n) is 8.66. The molecule has 0 saturated heterocycles. The van der Waals surface area contributed by atoms with Gasteiger partial charge in [-0.3, -0.25) is 4.79 Å². The van der Waals surface area contributed by atoms with Crippen LogP contribution in [0.1, 0.15) is 24.1 Å². The van der Waals surface area contributed by atoms with E-state index in [1.807, 2.05) is 97.9 Å². The number of hydrogen-bond donors (Lipinski definition) is 1.